The van der Waals surface area contributed by atoms with Crippen LogP contribution in [-0.2, 0) is 4.74 Å². The van der Waals surface area contributed by atoms with Gasteiger partial charge in [0.15, 0.2) is 0 Å². The lowest BCUT2D eigenvalue weighted by molar-refractivity contribution is 0.112. The molecule has 4 heterocycles. The van der Waals surface area contributed by atoms with Crippen molar-refractivity contribution >= 4 is 29.4 Å². The third-order valence-corrected chi connectivity index (χ3v) is 6.35. The van der Waals surface area contributed by atoms with Crippen LogP contribution in [0.25, 0.3) is 11.1 Å². The summed E-state index contributed by atoms with van der Waals surface area (Å²) < 4.78 is 20.1. The Kier molecular flexibility index (Phi) is 5.56. The minimum absolute atomic E-state index is 0.233. The highest BCUT2D eigenvalue weighted by Gasteiger charge is 2.26. The van der Waals surface area contributed by atoms with E-state index in [1.54, 1.807) is 28.5 Å². The Morgan fingerprint density at radius 2 is 2.06 bits per heavy atom. The van der Waals surface area contributed by atoms with E-state index >= 15 is 0 Å². The molecule has 0 radical (unpaired) electrons. The number of ether oxygens (including phenoxy) is 1. The number of anilines is 2. The Hall–Kier alpha value is -2.98. The number of nitrogens with zero attached hydrogens (tertiary/aromatic N) is 4. The number of hydrogen-bond acceptors (Lipinski definition) is 8. The van der Waals surface area contributed by atoms with Crippen LogP contribution < -0.4 is 20.8 Å². The maximum absolute atomic E-state index is 14.9. The summed E-state index contributed by atoms with van der Waals surface area (Å²) in [5.41, 5.74) is 5.06. The van der Waals surface area contributed by atoms with Gasteiger partial charge < -0.3 is 15.0 Å². The van der Waals surface area contributed by atoms with E-state index in [2.05, 4.69) is 20.7 Å². The molecule has 1 aromatic carbocycles. The van der Waals surface area contributed by atoms with Crippen LogP contribution in [0.15, 0.2) is 48.9 Å². The summed E-state index contributed by atoms with van der Waals surface area (Å²) in [7, 11) is 0. The number of nitrogens with one attached hydrogen (secondary N) is 2. The largest absolute Gasteiger partial charge is 0.442 e. The molecule has 1 amide bonds. The monoisotopic (exact) mass is 442 g/mol. The molecule has 1 atom stereocenters. The van der Waals surface area contributed by atoms with Crippen molar-refractivity contribution in [3.05, 3.63) is 54.7 Å². The molecule has 3 aliphatic rings. The normalized spacial score (nSPS) is 20.9. The van der Waals surface area contributed by atoms with Crippen molar-refractivity contribution in [1.82, 2.24) is 20.8 Å². The Morgan fingerprint density at radius 1 is 1.19 bits per heavy atom. The molecule has 0 spiro atoms. The molecule has 162 valence electrons. The van der Waals surface area contributed by atoms with Crippen LogP contribution in [0.4, 0.5) is 20.7 Å². The van der Waals surface area contributed by atoms with E-state index in [0.717, 1.165) is 36.0 Å². The molecule has 0 saturated carbocycles. The molecule has 0 unspecified atom stereocenters. The first-order valence-electron chi connectivity index (χ1n) is 10.2. The zero-order valence-electron chi connectivity index (χ0n) is 16.8. The van der Waals surface area contributed by atoms with Crippen LogP contribution in [0.3, 0.4) is 0 Å². The number of halogens is 1. The van der Waals surface area contributed by atoms with Gasteiger partial charge in [-0.2, -0.15) is 11.8 Å². The molecule has 2 aromatic rings. The van der Waals surface area contributed by atoms with Crippen LogP contribution in [0.5, 0.6) is 0 Å². The molecule has 10 heteroatoms. The van der Waals surface area contributed by atoms with E-state index in [4.69, 9.17) is 4.74 Å². The van der Waals surface area contributed by atoms with Gasteiger partial charge in [-0.15, -0.1) is 5.53 Å². The highest BCUT2D eigenvalue weighted by atomic mass is 32.2. The third kappa shape index (κ3) is 4.40. The highest BCUT2D eigenvalue weighted by molar-refractivity contribution is 7.99. The standard InChI is InChI=1S/C21H23FN6O2S/c22-19-11-16(28-6-5-27(25-28)14-17-13-24-21(29)30-17)2-3-18(19)15-1-4-20(23-12-15)26-7-9-31-10-8-26/h1-6,11-12,17,25H,7-10,13-14H2,(H,24,29)/t17-/m0/s1. The van der Waals surface area contributed by atoms with E-state index in [0.29, 0.717) is 24.3 Å². The first kappa shape index (κ1) is 20.0. The second kappa shape index (κ2) is 8.64. The minimum Gasteiger partial charge on any atom is -0.442 e. The lowest BCUT2D eigenvalue weighted by atomic mass is 10.1. The molecule has 2 saturated heterocycles. The fourth-order valence-electron chi connectivity index (χ4n) is 3.76. The Balaban J connectivity index is 1.24. The van der Waals surface area contributed by atoms with Crippen LogP contribution in [0.2, 0.25) is 0 Å². The number of aromatic nitrogens is 1. The lowest BCUT2D eigenvalue weighted by Gasteiger charge is -2.27. The average Bonchev–Trinajstić information content (AvgIpc) is 3.43. The SMILES string of the molecule is O=C1NC[C@@H](CN2C=CN(c3ccc(-c4ccc(N5CCSCC5)nc4)c(F)c3)N2)O1. The van der Waals surface area contributed by atoms with Gasteiger partial charge in [0.25, 0.3) is 0 Å². The van der Waals surface area contributed by atoms with Crippen molar-refractivity contribution in [2.24, 2.45) is 0 Å². The smallest absolute Gasteiger partial charge is 0.407 e. The summed E-state index contributed by atoms with van der Waals surface area (Å²) in [6.07, 6.45) is 4.72. The van der Waals surface area contributed by atoms with Crippen molar-refractivity contribution in [3.63, 3.8) is 0 Å². The van der Waals surface area contributed by atoms with Gasteiger partial charge in [-0.25, -0.2) is 14.2 Å². The predicted octanol–water partition coefficient (Wildman–Crippen LogP) is 2.56. The summed E-state index contributed by atoms with van der Waals surface area (Å²) in [6.45, 7) is 2.94. The van der Waals surface area contributed by atoms with Crippen LogP contribution >= 0.6 is 11.8 Å². The Labute approximate surface area is 184 Å². The number of pyridine rings is 1. The maximum atomic E-state index is 14.9. The van der Waals surface area contributed by atoms with E-state index in [9.17, 15) is 9.18 Å². The van der Waals surface area contributed by atoms with Crippen LogP contribution in [0, 0.1) is 5.82 Å². The summed E-state index contributed by atoms with van der Waals surface area (Å²) in [6, 6.07) is 9.00. The number of carbonyl (C=O) groups excluding carboxylic acids is 1. The van der Waals surface area contributed by atoms with E-state index in [1.165, 1.54) is 6.07 Å². The van der Waals surface area contributed by atoms with Gasteiger partial charge in [-0.3, -0.25) is 10.0 Å². The second-order valence-corrected chi connectivity index (χ2v) is 8.72. The molecule has 2 N–H and O–H groups in total. The van der Waals surface area contributed by atoms with Crippen molar-refractivity contribution < 1.29 is 13.9 Å². The van der Waals surface area contributed by atoms with Gasteiger partial charge in [0.1, 0.15) is 17.7 Å². The zero-order valence-corrected chi connectivity index (χ0v) is 17.6. The Morgan fingerprint density at radius 3 is 2.77 bits per heavy atom. The Bertz CT molecular complexity index is 982. The third-order valence-electron chi connectivity index (χ3n) is 5.40. The number of carbonyl (C=O) groups is 1. The first-order chi connectivity index (χ1) is 15.2. The molecule has 3 aliphatic heterocycles. The van der Waals surface area contributed by atoms with Crippen molar-refractivity contribution in [3.8, 4) is 11.1 Å². The number of benzene rings is 1. The van der Waals surface area contributed by atoms with Crippen LogP contribution in [-0.4, -0.2) is 59.9 Å². The molecule has 1 aromatic heterocycles. The maximum Gasteiger partial charge on any atom is 0.407 e. The second-order valence-electron chi connectivity index (χ2n) is 7.50. The number of cyclic esters (lactones) is 1. The summed E-state index contributed by atoms with van der Waals surface area (Å²) in [5, 5.41) is 6.13. The quantitative estimate of drug-likeness (QED) is 0.732. The van der Waals surface area contributed by atoms with E-state index in [-0.39, 0.29) is 11.9 Å². The molecule has 2 fully saturated rings. The van der Waals surface area contributed by atoms with Gasteiger partial charge in [-0.05, 0) is 30.3 Å². The van der Waals surface area contributed by atoms with E-state index in [1.807, 2.05) is 36.2 Å². The zero-order chi connectivity index (χ0) is 21.2. The highest BCUT2D eigenvalue weighted by Crippen LogP contribution is 2.28. The van der Waals surface area contributed by atoms with Crippen molar-refractivity contribution in [2.45, 2.75) is 6.10 Å². The number of thioether (sulfide) groups is 1. The van der Waals surface area contributed by atoms with Gasteiger partial charge >= 0.3 is 6.09 Å². The van der Waals surface area contributed by atoms with Gasteiger partial charge in [-0.1, -0.05) is 0 Å². The van der Waals surface area contributed by atoms with Crippen LogP contribution in [0.1, 0.15) is 0 Å². The van der Waals surface area contributed by atoms with Gasteiger partial charge in [0.2, 0.25) is 0 Å². The van der Waals surface area contributed by atoms with Crippen molar-refractivity contribution in [2.75, 3.05) is 47.6 Å². The number of alkyl carbamates (subject to hydrolysis) is 1. The molecule has 8 nitrogen and oxygen atoms in total. The fraction of sp³-hybridized carbons (Fsp3) is 0.333. The summed E-state index contributed by atoms with van der Waals surface area (Å²) >= 11 is 1.96. The van der Waals surface area contributed by atoms with Crippen molar-refractivity contribution in [1.29, 1.82) is 0 Å². The fourth-order valence-corrected chi connectivity index (χ4v) is 4.67. The number of amides is 1. The minimum atomic E-state index is -0.403. The van der Waals surface area contributed by atoms with E-state index < -0.39 is 6.09 Å². The number of rotatable bonds is 5. The summed E-state index contributed by atoms with van der Waals surface area (Å²) in [5.74, 6) is 2.84. The number of hydrogen-bond donors (Lipinski definition) is 2. The number of hydrazine groups is 2. The summed E-state index contributed by atoms with van der Waals surface area (Å²) in [4.78, 5) is 18.0. The lowest BCUT2D eigenvalue weighted by Crippen LogP contribution is -2.43. The molecule has 31 heavy (non-hydrogen) atoms. The molecular weight excluding hydrogens is 419 g/mol. The molecule has 5 rings (SSSR count). The molecular formula is C21H23FN6O2S. The van der Waals surface area contributed by atoms with Gasteiger partial charge in [0, 0.05) is 54.3 Å². The van der Waals surface area contributed by atoms with Gasteiger partial charge in [0.05, 0.1) is 18.8 Å². The first-order valence-corrected chi connectivity index (χ1v) is 11.3. The average molecular weight is 443 g/mol. The predicted molar refractivity (Wildman–Crippen MR) is 119 cm³/mol. The molecule has 0 bridgehead atoms. The molecule has 0 aliphatic carbocycles. The topological polar surface area (TPSA) is 73.0 Å².